The third-order valence-electron chi connectivity index (χ3n) is 5.72. The molecule has 1 aromatic carbocycles. The molecular weight excluding hydrogens is 448 g/mol. The van der Waals surface area contributed by atoms with Crippen LogP contribution in [0.3, 0.4) is 0 Å². The highest BCUT2D eigenvalue weighted by Gasteiger charge is 2.26. The van der Waals surface area contributed by atoms with Crippen LogP contribution in [0, 0.1) is 0 Å². The van der Waals surface area contributed by atoms with Gasteiger partial charge in [0.05, 0.1) is 18.8 Å². The lowest BCUT2D eigenvalue weighted by atomic mass is 9.96. The molecule has 0 atom stereocenters. The second-order valence-corrected chi connectivity index (χ2v) is 8.94. The number of methoxy groups -OCH3 is 1. The molecule has 1 N–H and O–H groups in total. The van der Waals surface area contributed by atoms with Crippen molar-refractivity contribution in [1.82, 2.24) is 24.6 Å². The quantitative estimate of drug-likeness (QED) is 0.568. The van der Waals surface area contributed by atoms with Crippen molar-refractivity contribution in [3.05, 3.63) is 53.3 Å². The van der Waals surface area contributed by atoms with Crippen molar-refractivity contribution in [2.24, 2.45) is 0 Å². The van der Waals surface area contributed by atoms with Gasteiger partial charge in [-0.15, -0.1) is 10.2 Å². The van der Waals surface area contributed by atoms with Gasteiger partial charge in [0, 0.05) is 19.1 Å². The van der Waals surface area contributed by atoms with Gasteiger partial charge in [0.15, 0.2) is 5.82 Å². The molecule has 1 aliphatic heterocycles. The Hall–Kier alpha value is -3.95. The Kier molecular flexibility index (Phi) is 6.99. The van der Waals surface area contributed by atoms with E-state index in [-0.39, 0.29) is 24.1 Å². The van der Waals surface area contributed by atoms with Crippen LogP contribution in [0.5, 0.6) is 5.75 Å². The van der Waals surface area contributed by atoms with Crippen molar-refractivity contribution in [3.8, 4) is 17.3 Å². The first kappa shape index (κ1) is 24.2. The Balaban J connectivity index is 1.57. The average molecular weight is 479 g/mol. The van der Waals surface area contributed by atoms with Crippen LogP contribution in [0.15, 0.2) is 36.7 Å². The summed E-state index contributed by atoms with van der Waals surface area (Å²) in [4.78, 5) is 31.8. The normalized spacial score (nSPS) is 13.1. The summed E-state index contributed by atoms with van der Waals surface area (Å²) in [6, 6.07) is 9.15. The SMILES string of the molecule is COc1cc2c(cc1C(=O)Nc1cccc(-c3nncn3C(C)C)n1)CN(C(=O)OC(C)C)CC2. The molecule has 2 amide bonds. The monoisotopic (exact) mass is 478 g/mol. The molecule has 4 rings (SSSR count). The van der Waals surface area contributed by atoms with E-state index in [1.54, 1.807) is 29.4 Å². The fraction of sp³-hybridized carbons (Fsp3) is 0.400. The number of hydrogen-bond donors (Lipinski definition) is 1. The number of fused-ring (bicyclic) bond motifs is 1. The van der Waals surface area contributed by atoms with Crippen LogP contribution in [0.25, 0.3) is 11.5 Å². The summed E-state index contributed by atoms with van der Waals surface area (Å²) in [6.07, 6.45) is 1.76. The number of hydrogen-bond acceptors (Lipinski definition) is 7. The molecule has 0 bridgehead atoms. The van der Waals surface area contributed by atoms with Crippen LogP contribution in [0.4, 0.5) is 10.6 Å². The van der Waals surface area contributed by atoms with Crippen LogP contribution in [0.2, 0.25) is 0 Å². The molecule has 0 unspecified atom stereocenters. The summed E-state index contributed by atoms with van der Waals surface area (Å²) >= 11 is 0. The van der Waals surface area contributed by atoms with Crippen molar-refractivity contribution >= 4 is 17.8 Å². The predicted molar refractivity (Wildman–Crippen MR) is 130 cm³/mol. The van der Waals surface area contributed by atoms with Crippen LogP contribution in [0.1, 0.15) is 55.2 Å². The molecule has 10 heteroatoms. The highest BCUT2D eigenvalue weighted by atomic mass is 16.6. The predicted octanol–water partition coefficient (Wildman–Crippen LogP) is 4.09. The zero-order valence-corrected chi connectivity index (χ0v) is 20.6. The zero-order chi connectivity index (χ0) is 25.1. The maximum atomic E-state index is 13.2. The summed E-state index contributed by atoms with van der Waals surface area (Å²) in [6.45, 7) is 8.61. The zero-order valence-electron chi connectivity index (χ0n) is 20.6. The van der Waals surface area contributed by atoms with Gasteiger partial charge in [0.1, 0.15) is 23.6 Å². The minimum absolute atomic E-state index is 0.164. The summed E-state index contributed by atoms with van der Waals surface area (Å²) in [5.41, 5.74) is 2.89. The number of amides is 2. The van der Waals surface area contributed by atoms with Gasteiger partial charge >= 0.3 is 6.09 Å². The smallest absolute Gasteiger partial charge is 0.410 e. The number of benzene rings is 1. The number of carbonyl (C=O) groups is 2. The number of rotatable bonds is 6. The molecular formula is C25H30N6O4. The number of pyridine rings is 1. The molecule has 184 valence electrons. The number of carbonyl (C=O) groups excluding carboxylic acids is 2. The second-order valence-electron chi connectivity index (χ2n) is 8.94. The molecule has 2 aromatic heterocycles. The van der Waals surface area contributed by atoms with Crippen molar-refractivity contribution in [3.63, 3.8) is 0 Å². The van der Waals surface area contributed by atoms with Gasteiger partial charge < -0.3 is 24.3 Å². The molecule has 0 aliphatic carbocycles. The first-order valence-electron chi connectivity index (χ1n) is 11.6. The maximum absolute atomic E-state index is 13.2. The molecule has 10 nitrogen and oxygen atoms in total. The molecule has 0 spiro atoms. The van der Waals surface area contributed by atoms with E-state index in [0.29, 0.717) is 48.2 Å². The topological polar surface area (TPSA) is 111 Å². The van der Waals surface area contributed by atoms with Crippen molar-refractivity contribution < 1.29 is 19.1 Å². The minimum Gasteiger partial charge on any atom is -0.496 e. The lowest BCUT2D eigenvalue weighted by Gasteiger charge is -2.29. The van der Waals surface area contributed by atoms with Crippen LogP contribution < -0.4 is 10.1 Å². The van der Waals surface area contributed by atoms with Gasteiger partial charge in [-0.2, -0.15) is 0 Å². The number of aromatic nitrogens is 4. The second kappa shape index (κ2) is 10.1. The molecule has 0 saturated carbocycles. The first-order valence-corrected chi connectivity index (χ1v) is 11.6. The summed E-state index contributed by atoms with van der Waals surface area (Å²) < 4.78 is 12.8. The van der Waals surface area contributed by atoms with Crippen LogP contribution >= 0.6 is 0 Å². The molecule has 3 aromatic rings. The highest BCUT2D eigenvalue weighted by Crippen LogP contribution is 2.29. The molecule has 0 saturated heterocycles. The summed E-state index contributed by atoms with van der Waals surface area (Å²) in [5.74, 6) is 1.11. The largest absolute Gasteiger partial charge is 0.496 e. The fourth-order valence-corrected chi connectivity index (χ4v) is 3.98. The Morgan fingerprint density at radius 3 is 2.63 bits per heavy atom. The van der Waals surface area contributed by atoms with E-state index in [1.165, 1.54) is 7.11 Å². The van der Waals surface area contributed by atoms with Gasteiger partial charge in [-0.05, 0) is 69.5 Å². The van der Waals surface area contributed by atoms with Gasteiger partial charge in [0.25, 0.3) is 5.91 Å². The number of ether oxygens (including phenoxy) is 2. The van der Waals surface area contributed by atoms with E-state index >= 15 is 0 Å². The van der Waals surface area contributed by atoms with E-state index in [4.69, 9.17) is 9.47 Å². The van der Waals surface area contributed by atoms with E-state index in [1.807, 2.05) is 44.4 Å². The highest BCUT2D eigenvalue weighted by molar-refractivity contribution is 6.06. The van der Waals surface area contributed by atoms with Crippen LogP contribution in [-0.4, -0.2) is 56.4 Å². The third kappa shape index (κ3) is 5.26. The number of nitrogens with zero attached hydrogens (tertiary/aromatic N) is 5. The van der Waals surface area contributed by atoms with Gasteiger partial charge in [-0.1, -0.05) is 6.07 Å². The molecule has 0 fully saturated rings. The van der Waals surface area contributed by atoms with E-state index in [2.05, 4.69) is 20.5 Å². The standard InChI is InChI=1S/C25H30N6O4/c1-15(2)31-14-26-29-23(31)20-7-6-8-22(27-20)28-24(32)19-11-18-13-30(25(33)35-16(3)4)10-9-17(18)12-21(19)34-5/h6-8,11-12,14-16H,9-10,13H2,1-5H3,(H,27,28,32). The van der Waals surface area contributed by atoms with Crippen molar-refractivity contribution in [2.75, 3.05) is 19.0 Å². The molecule has 35 heavy (non-hydrogen) atoms. The molecule has 1 aliphatic rings. The maximum Gasteiger partial charge on any atom is 0.410 e. The Morgan fingerprint density at radius 1 is 1.11 bits per heavy atom. The van der Waals surface area contributed by atoms with E-state index in [0.717, 1.165) is 11.1 Å². The Bertz CT molecular complexity index is 1240. The average Bonchev–Trinajstić information content (AvgIpc) is 3.33. The number of nitrogens with one attached hydrogen (secondary N) is 1. The van der Waals surface area contributed by atoms with Crippen LogP contribution in [-0.2, 0) is 17.7 Å². The lowest BCUT2D eigenvalue weighted by Crippen LogP contribution is -2.37. The Labute approximate surface area is 204 Å². The molecule has 0 radical (unpaired) electrons. The summed E-state index contributed by atoms with van der Waals surface area (Å²) in [7, 11) is 1.53. The van der Waals surface area contributed by atoms with E-state index in [9.17, 15) is 9.59 Å². The van der Waals surface area contributed by atoms with Gasteiger partial charge in [-0.25, -0.2) is 9.78 Å². The Morgan fingerprint density at radius 2 is 1.91 bits per heavy atom. The van der Waals surface area contributed by atoms with E-state index < -0.39 is 0 Å². The van der Waals surface area contributed by atoms with Crippen molar-refractivity contribution in [1.29, 1.82) is 0 Å². The van der Waals surface area contributed by atoms with Crippen molar-refractivity contribution in [2.45, 2.75) is 52.8 Å². The molecule has 3 heterocycles. The number of anilines is 1. The van der Waals surface area contributed by atoms with Gasteiger partial charge in [-0.3, -0.25) is 4.79 Å². The lowest BCUT2D eigenvalue weighted by molar-refractivity contribution is 0.0730. The third-order valence-corrected chi connectivity index (χ3v) is 5.72. The van der Waals surface area contributed by atoms with Gasteiger partial charge in [0.2, 0.25) is 0 Å². The minimum atomic E-state index is -0.360. The fourth-order valence-electron chi connectivity index (χ4n) is 3.98. The summed E-state index contributed by atoms with van der Waals surface area (Å²) in [5, 5.41) is 11.0. The first-order chi connectivity index (χ1) is 16.8.